The first kappa shape index (κ1) is 14.1. The molecule has 1 saturated carbocycles. The molecular formula is C17H23N3O. The summed E-state index contributed by atoms with van der Waals surface area (Å²) in [7, 11) is 0. The second-order valence-corrected chi connectivity index (χ2v) is 6.19. The number of carbonyl (C=O) groups is 1. The molecule has 1 amide bonds. The minimum absolute atomic E-state index is 0.0944. The van der Waals surface area contributed by atoms with E-state index in [2.05, 4.69) is 17.2 Å². The molecular weight excluding hydrogens is 262 g/mol. The fourth-order valence-corrected chi connectivity index (χ4v) is 3.25. The van der Waals surface area contributed by atoms with Gasteiger partial charge >= 0.3 is 0 Å². The molecule has 3 unspecified atom stereocenters. The molecule has 1 aliphatic rings. The summed E-state index contributed by atoms with van der Waals surface area (Å²) in [6, 6.07) is 8.02. The zero-order valence-corrected chi connectivity index (χ0v) is 12.7. The molecule has 3 atom stereocenters. The lowest BCUT2D eigenvalue weighted by Gasteiger charge is -2.30. The van der Waals surface area contributed by atoms with Crippen LogP contribution in [0.25, 0.3) is 11.0 Å². The maximum Gasteiger partial charge on any atom is 0.243 e. The number of nitrogens with zero attached hydrogens (tertiary/aromatic N) is 2. The van der Waals surface area contributed by atoms with Gasteiger partial charge in [0.05, 0.1) is 17.4 Å². The van der Waals surface area contributed by atoms with E-state index in [1.807, 2.05) is 35.8 Å². The number of carbonyl (C=O) groups excluding carboxylic acids is 1. The van der Waals surface area contributed by atoms with Gasteiger partial charge in [-0.05, 0) is 37.8 Å². The number of amides is 1. The van der Waals surface area contributed by atoms with Gasteiger partial charge < -0.3 is 9.88 Å². The number of hydrogen-bond donors (Lipinski definition) is 1. The summed E-state index contributed by atoms with van der Waals surface area (Å²) in [4.78, 5) is 16.9. The van der Waals surface area contributed by atoms with E-state index in [0.29, 0.717) is 12.0 Å². The topological polar surface area (TPSA) is 46.9 Å². The molecule has 112 valence electrons. The van der Waals surface area contributed by atoms with Crippen LogP contribution < -0.4 is 5.32 Å². The van der Waals surface area contributed by atoms with Crippen LogP contribution in [0.2, 0.25) is 0 Å². The third-order valence-electron chi connectivity index (χ3n) is 4.72. The minimum Gasteiger partial charge on any atom is -0.351 e. The van der Waals surface area contributed by atoms with Crippen molar-refractivity contribution in [3.05, 3.63) is 30.6 Å². The van der Waals surface area contributed by atoms with E-state index in [-0.39, 0.29) is 11.9 Å². The molecule has 0 bridgehead atoms. The van der Waals surface area contributed by atoms with Gasteiger partial charge in [0.2, 0.25) is 5.91 Å². The highest BCUT2D eigenvalue weighted by atomic mass is 16.2. The minimum atomic E-state index is -0.230. The van der Waals surface area contributed by atoms with Gasteiger partial charge in [0, 0.05) is 6.04 Å². The zero-order chi connectivity index (χ0) is 14.8. The molecule has 1 aromatic carbocycles. The Morgan fingerprint density at radius 1 is 1.33 bits per heavy atom. The Hall–Kier alpha value is -1.84. The molecule has 1 aromatic heterocycles. The zero-order valence-electron chi connectivity index (χ0n) is 12.7. The van der Waals surface area contributed by atoms with Crippen molar-refractivity contribution in [2.75, 3.05) is 0 Å². The van der Waals surface area contributed by atoms with Crippen molar-refractivity contribution < 1.29 is 4.79 Å². The normalized spacial score (nSPS) is 23.9. The van der Waals surface area contributed by atoms with Crippen LogP contribution in [0.5, 0.6) is 0 Å². The van der Waals surface area contributed by atoms with Crippen LogP contribution in [-0.2, 0) is 4.79 Å². The van der Waals surface area contributed by atoms with E-state index in [1.165, 1.54) is 19.3 Å². The Morgan fingerprint density at radius 3 is 2.90 bits per heavy atom. The van der Waals surface area contributed by atoms with Gasteiger partial charge in [0.1, 0.15) is 6.04 Å². The highest BCUT2D eigenvalue weighted by Crippen LogP contribution is 2.24. The van der Waals surface area contributed by atoms with Crippen molar-refractivity contribution in [2.24, 2.45) is 5.92 Å². The molecule has 1 aliphatic carbocycles. The lowest BCUT2D eigenvalue weighted by Crippen LogP contribution is -2.43. The Kier molecular flexibility index (Phi) is 3.95. The Labute approximate surface area is 125 Å². The highest BCUT2D eigenvalue weighted by molar-refractivity contribution is 5.83. The molecule has 21 heavy (non-hydrogen) atoms. The summed E-state index contributed by atoms with van der Waals surface area (Å²) < 4.78 is 1.96. The van der Waals surface area contributed by atoms with Crippen molar-refractivity contribution in [3.63, 3.8) is 0 Å². The number of nitrogens with one attached hydrogen (secondary N) is 1. The van der Waals surface area contributed by atoms with Gasteiger partial charge in [-0.15, -0.1) is 0 Å². The molecule has 0 saturated heterocycles. The summed E-state index contributed by atoms with van der Waals surface area (Å²) in [6.45, 7) is 4.18. The van der Waals surface area contributed by atoms with Crippen molar-refractivity contribution in [2.45, 2.75) is 51.6 Å². The molecule has 2 aromatic rings. The average molecular weight is 285 g/mol. The predicted molar refractivity (Wildman–Crippen MR) is 84.0 cm³/mol. The average Bonchev–Trinajstić information content (AvgIpc) is 2.92. The molecule has 1 heterocycles. The number of fused-ring (bicyclic) bond motifs is 1. The fourth-order valence-electron chi connectivity index (χ4n) is 3.25. The van der Waals surface area contributed by atoms with Crippen LogP contribution in [0.4, 0.5) is 0 Å². The maximum absolute atomic E-state index is 12.5. The van der Waals surface area contributed by atoms with Gasteiger partial charge in [0.15, 0.2) is 0 Å². The molecule has 0 spiro atoms. The van der Waals surface area contributed by atoms with E-state index >= 15 is 0 Å². The Balaban J connectivity index is 1.75. The summed E-state index contributed by atoms with van der Waals surface area (Å²) >= 11 is 0. The van der Waals surface area contributed by atoms with Gasteiger partial charge in [0.25, 0.3) is 0 Å². The molecule has 1 fully saturated rings. The maximum atomic E-state index is 12.5. The van der Waals surface area contributed by atoms with Crippen molar-refractivity contribution in [1.82, 2.24) is 14.9 Å². The summed E-state index contributed by atoms with van der Waals surface area (Å²) in [6.07, 6.45) is 6.59. The van der Waals surface area contributed by atoms with Gasteiger partial charge in [-0.25, -0.2) is 4.98 Å². The molecule has 4 heteroatoms. The smallest absolute Gasteiger partial charge is 0.243 e. The van der Waals surface area contributed by atoms with Crippen LogP contribution in [0.1, 0.15) is 45.6 Å². The lowest BCUT2D eigenvalue weighted by molar-refractivity contribution is -0.125. The lowest BCUT2D eigenvalue weighted by atomic mass is 9.86. The summed E-state index contributed by atoms with van der Waals surface area (Å²) in [5, 5.41) is 3.23. The summed E-state index contributed by atoms with van der Waals surface area (Å²) in [5.74, 6) is 0.673. The SMILES string of the molecule is CC1CCCCC1NC(=O)C(C)n1cnc2ccccc21. The fraction of sp³-hybridized carbons (Fsp3) is 0.529. The van der Waals surface area contributed by atoms with Crippen molar-refractivity contribution in [3.8, 4) is 0 Å². The number of aromatic nitrogens is 2. The van der Waals surface area contributed by atoms with E-state index in [0.717, 1.165) is 17.5 Å². The Morgan fingerprint density at radius 2 is 2.10 bits per heavy atom. The van der Waals surface area contributed by atoms with Crippen LogP contribution in [0.3, 0.4) is 0 Å². The Bertz CT molecular complexity index is 634. The first-order valence-corrected chi connectivity index (χ1v) is 7.89. The van der Waals surface area contributed by atoms with Crippen LogP contribution >= 0.6 is 0 Å². The quantitative estimate of drug-likeness (QED) is 0.940. The second-order valence-electron chi connectivity index (χ2n) is 6.19. The molecule has 3 rings (SSSR count). The molecule has 0 radical (unpaired) electrons. The number of benzene rings is 1. The molecule has 0 aliphatic heterocycles. The van der Waals surface area contributed by atoms with Crippen molar-refractivity contribution >= 4 is 16.9 Å². The van der Waals surface area contributed by atoms with Crippen LogP contribution in [0, 0.1) is 5.92 Å². The van der Waals surface area contributed by atoms with E-state index in [1.54, 1.807) is 6.33 Å². The third-order valence-corrected chi connectivity index (χ3v) is 4.72. The van der Waals surface area contributed by atoms with Gasteiger partial charge in [-0.3, -0.25) is 4.79 Å². The number of imidazole rings is 1. The van der Waals surface area contributed by atoms with Gasteiger partial charge in [-0.1, -0.05) is 31.9 Å². The van der Waals surface area contributed by atoms with E-state index < -0.39 is 0 Å². The van der Waals surface area contributed by atoms with E-state index in [4.69, 9.17) is 0 Å². The summed E-state index contributed by atoms with van der Waals surface area (Å²) in [5.41, 5.74) is 1.94. The third kappa shape index (κ3) is 2.80. The number of para-hydroxylation sites is 2. The highest BCUT2D eigenvalue weighted by Gasteiger charge is 2.25. The largest absolute Gasteiger partial charge is 0.351 e. The van der Waals surface area contributed by atoms with Gasteiger partial charge in [-0.2, -0.15) is 0 Å². The van der Waals surface area contributed by atoms with Crippen LogP contribution in [0.15, 0.2) is 30.6 Å². The number of rotatable bonds is 3. The van der Waals surface area contributed by atoms with Crippen LogP contribution in [-0.4, -0.2) is 21.5 Å². The van der Waals surface area contributed by atoms with E-state index in [9.17, 15) is 4.79 Å². The van der Waals surface area contributed by atoms with Crippen molar-refractivity contribution in [1.29, 1.82) is 0 Å². The molecule has 1 N–H and O–H groups in total. The first-order valence-electron chi connectivity index (χ1n) is 7.89. The number of hydrogen-bond acceptors (Lipinski definition) is 2. The second kappa shape index (κ2) is 5.88. The standard InChI is InChI=1S/C17H23N3O/c1-12-7-3-4-8-14(12)19-17(21)13(2)20-11-18-15-9-5-6-10-16(15)20/h5-6,9-14H,3-4,7-8H2,1-2H3,(H,19,21). The predicted octanol–water partition coefficient (Wildman–Crippen LogP) is 3.29. The monoisotopic (exact) mass is 285 g/mol. The first-order chi connectivity index (χ1) is 10.2. The molecule has 4 nitrogen and oxygen atoms in total.